The predicted octanol–water partition coefficient (Wildman–Crippen LogP) is 5.16. The molecule has 1 amide bonds. The van der Waals surface area contributed by atoms with Crippen molar-refractivity contribution < 1.29 is 33.7 Å². The number of hydrogen-bond acceptors (Lipinski definition) is 7. The number of amides is 1. The number of methoxy groups -OCH3 is 2. The number of ether oxygens (including phenoxy) is 3. The number of esters is 1. The highest BCUT2D eigenvalue weighted by Gasteiger charge is 2.47. The molecular formula is C28H24ClNO7. The summed E-state index contributed by atoms with van der Waals surface area (Å²) in [6.45, 7) is 1.93. The van der Waals surface area contributed by atoms with Gasteiger partial charge in [-0.3, -0.25) is 14.5 Å². The fourth-order valence-electron chi connectivity index (χ4n) is 4.14. The molecule has 1 N–H and O–H groups in total. The molecule has 1 unspecified atom stereocenters. The molecule has 1 atom stereocenters. The van der Waals surface area contributed by atoms with E-state index in [1.54, 1.807) is 43.3 Å². The van der Waals surface area contributed by atoms with Crippen LogP contribution < -0.4 is 14.4 Å². The Kier molecular flexibility index (Phi) is 7.50. The van der Waals surface area contributed by atoms with Crippen LogP contribution in [0, 0.1) is 0 Å². The zero-order valence-electron chi connectivity index (χ0n) is 20.4. The van der Waals surface area contributed by atoms with Crippen LogP contribution in [0.25, 0.3) is 5.76 Å². The molecule has 1 aliphatic heterocycles. The van der Waals surface area contributed by atoms with Crippen LogP contribution in [-0.2, 0) is 14.3 Å². The second-order valence-corrected chi connectivity index (χ2v) is 8.47. The molecule has 0 radical (unpaired) electrons. The number of anilines is 1. The van der Waals surface area contributed by atoms with E-state index in [1.807, 2.05) is 0 Å². The number of carbonyl (C=O) groups excluding carboxylic acids is 3. The first-order valence-corrected chi connectivity index (χ1v) is 11.7. The minimum Gasteiger partial charge on any atom is -0.507 e. The van der Waals surface area contributed by atoms with Gasteiger partial charge in [-0.2, -0.15) is 0 Å². The van der Waals surface area contributed by atoms with Gasteiger partial charge < -0.3 is 19.3 Å². The summed E-state index contributed by atoms with van der Waals surface area (Å²) in [6.07, 6.45) is 0. The van der Waals surface area contributed by atoms with Crippen LogP contribution in [-0.4, -0.2) is 43.6 Å². The number of benzene rings is 3. The highest BCUT2D eigenvalue weighted by atomic mass is 35.5. The van der Waals surface area contributed by atoms with E-state index in [1.165, 1.54) is 49.5 Å². The zero-order chi connectivity index (χ0) is 26.7. The molecule has 0 aromatic heterocycles. The van der Waals surface area contributed by atoms with Crippen LogP contribution in [0.2, 0.25) is 5.02 Å². The summed E-state index contributed by atoms with van der Waals surface area (Å²) in [7, 11) is 2.96. The Morgan fingerprint density at radius 2 is 1.59 bits per heavy atom. The molecule has 37 heavy (non-hydrogen) atoms. The van der Waals surface area contributed by atoms with Gasteiger partial charge in [0.05, 0.1) is 43.0 Å². The number of nitrogens with zero attached hydrogens (tertiary/aromatic N) is 1. The van der Waals surface area contributed by atoms with E-state index >= 15 is 0 Å². The molecule has 1 saturated heterocycles. The third-order valence-electron chi connectivity index (χ3n) is 5.96. The van der Waals surface area contributed by atoms with Crippen LogP contribution in [0.15, 0.2) is 72.3 Å². The van der Waals surface area contributed by atoms with Gasteiger partial charge in [0.25, 0.3) is 11.7 Å². The predicted molar refractivity (Wildman–Crippen MR) is 138 cm³/mol. The summed E-state index contributed by atoms with van der Waals surface area (Å²) in [6, 6.07) is 16.6. The lowest BCUT2D eigenvalue weighted by Crippen LogP contribution is -2.29. The Hall–Kier alpha value is -4.30. The quantitative estimate of drug-likeness (QED) is 0.198. The Labute approximate surface area is 218 Å². The SMILES string of the molecule is CCOC(=O)c1ccc(N2C(=O)C(=O)/C(=C(\O)c3ccc(Cl)c(OC)c3)C2c2ccc(OC)cc2)cc1. The zero-order valence-corrected chi connectivity index (χ0v) is 21.1. The first-order chi connectivity index (χ1) is 17.8. The molecular weight excluding hydrogens is 498 g/mol. The van der Waals surface area contributed by atoms with Gasteiger partial charge in [0.15, 0.2) is 0 Å². The van der Waals surface area contributed by atoms with Crippen molar-refractivity contribution in [1.82, 2.24) is 0 Å². The smallest absolute Gasteiger partial charge is 0.338 e. The lowest BCUT2D eigenvalue weighted by Gasteiger charge is -2.25. The molecule has 190 valence electrons. The molecule has 4 rings (SSSR count). The second kappa shape index (κ2) is 10.8. The van der Waals surface area contributed by atoms with Crippen molar-refractivity contribution in [2.75, 3.05) is 25.7 Å². The average molecular weight is 522 g/mol. The van der Waals surface area contributed by atoms with Gasteiger partial charge >= 0.3 is 5.97 Å². The first-order valence-electron chi connectivity index (χ1n) is 11.4. The Morgan fingerprint density at radius 1 is 0.946 bits per heavy atom. The monoisotopic (exact) mass is 521 g/mol. The molecule has 3 aromatic carbocycles. The maximum atomic E-state index is 13.3. The lowest BCUT2D eigenvalue weighted by atomic mass is 9.95. The van der Waals surface area contributed by atoms with E-state index in [-0.39, 0.29) is 23.5 Å². The third-order valence-corrected chi connectivity index (χ3v) is 6.27. The van der Waals surface area contributed by atoms with Gasteiger partial charge in [-0.1, -0.05) is 23.7 Å². The number of halogens is 1. The van der Waals surface area contributed by atoms with Gasteiger partial charge in [-0.15, -0.1) is 0 Å². The number of aliphatic hydroxyl groups is 1. The minimum absolute atomic E-state index is 0.103. The van der Waals surface area contributed by atoms with Crippen LogP contribution in [0.3, 0.4) is 0 Å². The first kappa shape index (κ1) is 25.8. The maximum absolute atomic E-state index is 13.3. The average Bonchev–Trinajstić information content (AvgIpc) is 3.18. The summed E-state index contributed by atoms with van der Waals surface area (Å²) in [4.78, 5) is 40.0. The van der Waals surface area contributed by atoms with Crippen molar-refractivity contribution in [3.63, 3.8) is 0 Å². The number of ketones is 1. The number of Topliss-reactive ketones (excluding diaryl/α,β-unsaturated/α-hetero) is 1. The largest absolute Gasteiger partial charge is 0.507 e. The topological polar surface area (TPSA) is 102 Å². The molecule has 8 nitrogen and oxygen atoms in total. The molecule has 0 saturated carbocycles. The highest BCUT2D eigenvalue weighted by Crippen LogP contribution is 2.43. The maximum Gasteiger partial charge on any atom is 0.338 e. The van der Waals surface area contributed by atoms with Gasteiger partial charge in [0, 0.05) is 11.3 Å². The Bertz CT molecular complexity index is 1380. The van der Waals surface area contributed by atoms with Crippen molar-refractivity contribution in [1.29, 1.82) is 0 Å². The Balaban J connectivity index is 1.87. The van der Waals surface area contributed by atoms with E-state index in [0.717, 1.165) is 0 Å². The minimum atomic E-state index is -0.957. The van der Waals surface area contributed by atoms with Crippen molar-refractivity contribution in [3.8, 4) is 11.5 Å². The third kappa shape index (κ3) is 4.88. The summed E-state index contributed by atoms with van der Waals surface area (Å²) < 4.78 is 15.5. The standard InChI is InChI=1S/C28H24ClNO7/c1-4-37-28(34)17-5-10-19(11-6-17)30-24(16-7-12-20(35-2)13-8-16)23(26(32)27(30)33)25(31)18-9-14-21(29)22(15-18)36-3/h5-15,24,31H,4H2,1-3H3/b25-23-. The normalized spacial score (nSPS) is 16.5. The molecule has 1 heterocycles. The van der Waals surface area contributed by atoms with E-state index in [2.05, 4.69) is 0 Å². The van der Waals surface area contributed by atoms with E-state index < -0.39 is 23.7 Å². The van der Waals surface area contributed by atoms with Crippen LogP contribution in [0.1, 0.15) is 34.5 Å². The van der Waals surface area contributed by atoms with Gasteiger partial charge in [0.2, 0.25) is 0 Å². The van der Waals surface area contributed by atoms with Crippen molar-refractivity contribution in [2.24, 2.45) is 0 Å². The van der Waals surface area contributed by atoms with Gasteiger partial charge in [-0.25, -0.2) is 4.79 Å². The molecule has 1 aliphatic rings. The van der Waals surface area contributed by atoms with E-state index in [4.69, 9.17) is 25.8 Å². The van der Waals surface area contributed by atoms with Crippen LogP contribution >= 0.6 is 11.6 Å². The molecule has 9 heteroatoms. The number of carbonyl (C=O) groups is 3. The summed E-state index contributed by atoms with van der Waals surface area (Å²) in [5, 5.41) is 11.6. The highest BCUT2D eigenvalue weighted by molar-refractivity contribution is 6.51. The second-order valence-electron chi connectivity index (χ2n) is 8.06. The summed E-state index contributed by atoms with van der Waals surface area (Å²) in [5.74, 6) is -1.68. The summed E-state index contributed by atoms with van der Waals surface area (Å²) in [5.41, 5.74) is 1.39. The van der Waals surface area contributed by atoms with E-state index in [9.17, 15) is 19.5 Å². The number of rotatable bonds is 7. The molecule has 0 aliphatic carbocycles. The van der Waals surface area contributed by atoms with Crippen molar-refractivity contribution in [2.45, 2.75) is 13.0 Å². The fourth-order valence-corrected chi connectivity index (χ4v) is 4.33. The van der Waals surface area contributed by atoms with Gasteiger partial charge in [-0.05, 0) is 67.1 Å². The Morgan fingerprint density at radius 3 is 2.19 bits per heavy atom. The molecule has 1 fully saturated rings. The molecule has 0 spiro atoms. The lowest BCUT2D eigenvalue weighted by molar-refractivity contribution is -0.132. The number of aliphatic hydroxyl groups excluding tert-OH is 1. The number of hydrogen-bond donors (Lipinski definition) is 1. The van der Waals surface area contributed by atoms with Crippen LogP contribution in [0.4, 0.5) is 5.69 Å². The molecule has 3 aromatic rings. The van der Waals surface area contributed by atoms with Crippen LogP contribution in [0.5, 0.6) is 11.5 Å². The van der Waals surface area contributed by atoms with E-state index in [0.29, 0.717) is 33.3 Å². The molecule has 0 bridgehead atoms. The van der Waals surface area contributed by atoms with Crippen molar-refractivity contribution >= 4 is 40.7 Å². The van der Waals surface area contributed by atoms with Gasteiger partial charge in [0.1, 0.15) is 17.3 Å². The summed E-state index contributed by atoms with van der Waals surface area (Å²) >= 11 is 6.13. The fraction of sp³-hybridized carbons (Fsp3) is 0.179. The van der Waals surface area contributed by atoms with Crippen molar-refractivity contribution in [3.05, 3.63) is 94.0 Å².